The Morgan fingerprint density at radius 2 is 2.10 bits per heavy atom. The van der Waals surface area contributed by atoms with Gasteiger partial charge in [0.25, 0.3) is 0 Å². The van der Waals surface area contributed by atoms with Crippen LogP contribution < -0.4 is 5.73 Å². The molecule has 1 aromatic rings. The molecule has 1 saturated carbocycles. The third kappa shape index (κ3) is 5.08. The highest BCUT2D eigenvalue weighted by atomic mass is 16.3. The maximum Gasteiger partial charge on any atom is 0.220 e. The largest absolute Gasteiger partial charge is 0.393 e. The van der Waals surface area contributed by atoms with Crippen LogP contribution in [0.15, 0.2) is 18.6 Å². The van der Waals surface area contributed by atoms with E-state index in [1.54, 1.807) is 12.5 Å². The van der Waals surface area contributed by atoms with Crippen molar-refractivity contribution in [2.45, 2.75) is 57.5 Å². The summed E-state index contributed by atoms with van der Waals surface area (Å²) in [5, 5.41) is 9.56. The highest BCUT2D eigenvalue weighted by Gasteiger charge is 2.29. The van der Waals surface area contributed by atoms with Crippen molar-refractivity contribution in [1.82, 2.24) is 9.97 Å². The zero-order chi connectivity index (χ0) is 15.1. The number of unbranched alkanes of at least 4 members (excludes halogenated alkanes) is 1. The first kappa shape index (κ1) is 15.9. The third-order valence-electron chi connectivity index (χ3n) is 4.52. The number of carbonyl (C=O) groups is 1. The highest BCUT2D eigenvalue weighted by Crippen LogP contribution is 2.32. The quantitative estimate of drug-likeness (QED) is 0.750. The standard InChI is InChI=1S/C16H25N3O2/c17-16(21)15(12-5-7-14(20)8-6-12)4-2-1-3-13-9-10-18-11-19-13/h9-12,14-15,20H,1-8H2,(H2,17,21). The first-order chi connectivity index (χ1) is 10.2. The summed E-state index contributed by atoms with van der Waals surface area (Å²) in [6.45, 7) is 0. The van der Waals surface area contributed by atoms with Crippen molar-refractivity contribution in [3.8, 4) is 0 Å². The van der Waals surface area contributed by atoms with E-state index in [0.29, 0.717) is 5.92 Å². The van der Waals surface area contributed by atoms with Gasteiger partial charge in [-0.25, -0.2) is 9.97 Å². The molecule has 1 fully saturated rings. The molecule has 0 bridgehead atoms. The van der Waals surface area contributed by atoms with E-state index in [4.69, 9.17) is 5.73 Å². The number of carbonyl (C=O) groups excluding carboxylic acids is 1. The Labute approximate surface area is 126 Å². The number of hydrogen-bond donors (Lipinski definition) is 2. The number of primary amides is 1. The van der Waals surface area contributed by atoms with E-state index in [1.807, 2.05) is 6.07 Å². The number of rotatable bonds is 7. The van der Waals surface area contributed by atoms with Crippen molar-refractivity contribution in [1.29, 1.82) is 0 Å². The molecule has 3 N–H and O–H groups in total. The summed E-state index contributed by atoms with van der Waals surface area (Å²) in [5.41, 5.74) is 6.62. The Morgan fingerprint density at radius 3 is 2.71 bits per heavy atom. The minimum atomic E-state index is -0.187. The molecule has 1 atom stereocenters. The fourth-order valence-electron chi connectivity index (χ4n) is 3.25. The second-order valence-electron chi connectivity index (χ2n) is 6.02. The van der Waals surface area contributed by atoms with Gasteiger partial charge in [-0.3, -0.25) is 4.79 Å². The van der Waals surface area contributed by atoms with E-state index in [0.717, 1.165) is 57.1 Å². The van der Waals surface area contributed by atoms with Gasteiger partial charge < -0.3 is 10.8 Å². The van der Waals surface area contributed by atoms with E-state index in [9.17, 15) is 9.90 Å². The SMILES string of the molecule is NC(=O)C(CCCCc1ccncn1)C1CCC(O)CC1. The molecule has 1 heterocycles. The number of aryl methyl sites for hydroxylation is 1. The van der Waals surface area contributed by atoms with Crippen LogP contribution in [-0.4, -0.2) is 27.1 Å². The van der Waals surface area contributed by atoms with Crippen molar-refractivity contribution in [3.05, 3.63) is 24.3 Å². The van der Waals surface area contributed by atoms with Gasteiger partial charge in [0.2, 0.25) is 5.91 Å². The topological polar surface area (TPSA) is 89.1 Å². The fraction of sp³-hybridized carbons (Fsp3) is 0.688. The number of nitrogens with two attached hydrogens (primary N) is 1. The Balaban J connectivity index is 1.74. The molecule has 5 nitrogen and oxygen atoms in total. The Kier molecular flexibility index (Phi) is 6.11. The van der Waals surface area contributed by atoms with Gasteiger partial charge >= 0.3 is 0 Å². The predicted octanol–water partition coefficient (Wildman–Crippen LogP) is 1.84. The molecule has 116 valence electrons. The van der Waals surface area contributed by atoms with E-state index in [2.05, 4.69) is 9.97 Å². The molecule has 0 aromatic carbocycles. The average molecular weight is 291 g/mol. The van der Waals surface area contributed by atoms with Gasteiger partial charge in [-0.15, -0.1) is 0 Å². The third-order valence-corrected chi connectivity index (χ3v) is 4.52. The number of hydrogen-bond acceptors (Lipinski definition) is 4. The van der Waals surface area contributed by atoms with E-state index in [1.165, 1.54) is 0 Å². The van der Waals surface area contributed by atoms with Gasteiger partial charge in [-0.05, 0) is 56.9 Å². The minimum absolute atomic E-state index is 0.0390. The first-order valence-electron chi connectivity index (χ1n) is 7.89. The lowest BCUT2D eigenvalue weighted by Gasteiger charge is -2.30. The molecular weight excluding hydrogens is 266 g/mol. The molecule has 0 radical (unpaired) electrons. The van der Waals surface area contributed by atoms with E-state index in [-0.39, 0.29) is 17.9 Å². The molecule has 21 heavy (non-hydrogen) atoms. The average Bonchev–Trinajstić information content (AvgIpc) is 2.49. The summed E-state index contributed by atoms with van der Waals surface area (Å²) >= 11 is 0. The van der Waals surface area contributed by atoms with Crippen molar-refractivity contribution < 1.29 is 9.90 Å². The monoisotopic (exact) mass is 291 g/mol. The van der Waals surface area contributed by atoms with Crippen molar-refractivity contribution in [3.63, 3.8) is 0 Å². The minimum Gasteiger partial charge on any atom is -0.393 e. The lowest BCUT2D eigenvalue weighted by molar-refractivity contribution is -0.124. The Morgan fingerprint density at radius 1 is 1.33 bits per heavy atom. The Hall–Kier alpha value is -1.49. The Bertz CT molecular complexity index is 430. The van der Waals surface area contributed by atoms with Crippen LogP contribution >= 0.6 is 0 Å². The second kappa shape index (κ2) is 8.08. The number of aromatic nitrogens is 2. The number of aliphatic hydroxyl groups excluding tert-OH is 1. The lowest BCUT2D eigenvalue weighted by atomic mass is 9.76. The summed E-state index contributed by atoms with van der Waals surface area (Å²) in [7, 11) is 0. The van der Waals surface area contributed by atoms with Gasteiger partial charge in [0, 0.05) is 17.8 Å². The van der Waals surface area contributed by atoms with Crippen LogP contribution in [0.1, 0.15) is 50.6 Å². The number of amides is 1. The fourth-order valence-corrected chi connectivity index (χ4v) is 3.25. The van der Waals surface area contributed by atoms with Crippen LogP contribution in [-0.2, 0) is 11.2 Å². The maximum absolute atomic E-state index is 11.7. The molecule has 1 aromatic heterocycles. The van der Waals surface area contributed by atoms with Gasteiger partial charge in [0.1, 0.15) is 6.33 Å². The van der Waals surface area contributed by atoms with Crippen LogP contribution in [0.5, 0.6) is 0 Å². The van der Waals surface area contributed by atoms with Gasteiger partial charge in [0.15, 0.2) is 0 Å². The van der Waals surface area contributed by atoms with Gasteiger partial charge in [-0.2, -0.15) is 0 Å². The zero-order valence-electron chi connectivity index (χ0n) is 12.4. The van der Waals surface area contributed by atoms with Crippen LogP contribution in [0.3, 0.4) is 0 Å². The molecule has 5 heteroatoms. The summed E-state index contributed by atoms with van der Waals surface area (Å²) in [5.74, 6) is 0.131. The molecular formula is C16H25N3O2. The molecule has 0 saturated heterocycles. The summed E-state index contributed by atoms with van der Waals surface area (Å²) in [6, 6.07) is 1.92. The summed E-state index contributed by atoms with van der Waals surface area (Å²) in [4.78, 5) is 19.8. The van der Waals surface area contributed by atoms with E-state index >= 15 is 0 Å². The summed E-state index contributed by atoms with van der Waals surface area (Å²) < 4.78 is 0. The second-order valence-corrected chi connectivity index (χ2v) is 6.02. The maximum atomic E-state index is 11.7. The number of aliphatic hydroxyl groups is 1. The van der Waals surface area contributed by atoms with Crippen LogP contribution in [0.25, 0.3) is 0 Å². The van der Waals surface area contributed by atoms with E-state index < -0.39 is 0 Å². The van der Waals surface area contributed by atoms with Crippen LogP contribution in [0, 0.1) is 11.8 Å². The molecule has 1 amide bonds. The van der Waals surface area contributed by atoms with Crippen LogP contribution in [0.2, 0.25) is 0 Å². The summed E-state index contributed by atoms with van der Waals surface area (Å²) in [6.07, 6.45) is 10.3. The number of nitrogens with zero attached hydrogens (tertiary/aromatic N) is 2. The van der Waals surface area contributed by atoms with Crippen molar-refractivity contribution in [2.75, 3.05) is 0 Å². The van der Waals surface area contributed by atoms with Gasteiger partial charge in [0.05, 0.1) is 6.10 Å². The van der Waals surface area contributed by atoms with Crippen molar-refractivity contribution >= 4 is 5.91 Å². The predicted molar refractivity (Wildman–Crippen MR) is 80.2 cm³/mol. The molecule has 0 aliphatic heterocycles. The van der Waals surface area contributed by atoms with Crippen molar-refractivity contribution in [2.24, 2.45) is 17.6 Å². The molecule has 2 rings (SSSR count). The molecule has 0 spiro atoms. The normalized spacial score (nSPS) is 23.7. The first-order valence-corrected chi connectivity index (χ1v) is 7.89. The molecule has 1 aliphatic carbocycles. The highest BCUT2D eigenvalue weighted by molar-refractivity contribution is 5.76. The van der Waals surface area contributed by atoms with Gasteiger partial charge in [-0.1, -0.05) is 6.42 Å². The molecule has 1 aliphatic rings. The molecule has 1 unspecified atom stereocenters. The van der Waals surface area contributed by atoms with Crippen LogP contribution in [0.4, 0.5) is 0 Å². The zero-order valence-corrected chi connectivity index (χ0v) is 12.4. The lowest BCUT2D eigenvalue weighted by Crippen LogP contribution is -2.33. The smallest absolute Gasteiger partial charge is 0.220 e.